The Kier molecular flexibility index (Phi) is 4.39. The first-order chi connectivity index (χ1) is 9.72. The van der Waals surface area contributed by atoms with Crippen molar-refractivity contribution in [2.75, 3.05) is 13.1 Å². The molecular weight excluding hydrogens is 248 g/mol. The van der Waals surface area contributed by atoms with Gasteiger partial charge in [0.2, 0.25) is 0 Å². The molecule has 110 valence electrons. The summed E-state index contributed by atoms with van der Waals surface area (Å²) in [5, 5.41) is 13.7. The molecule has 0 radical (unpaired) electrons. The molecule has 1 aromatic carbocycles. The molecule has 3 unspecified atom stereocenters. The van der Waals surface area contributed by atoms with Gasteiger partial charge in [-0.1, -0.05) is 30.3 Å². The molecule has 1 aromatic rings. The lowest BCUT2D eigenvalue weighted by Crippen LogP contribution is -2.38. The minimum Gasteiger partial charge on any atom is -0.391 e. The third kappa shape index (κ3) is 3.60. The maximum absolute atomic E-state index is 10.1. The van der Waals surface area contributed by atoms with Gasteiger partial charge in [0.25, 0.3) is 0 Å². The zero-order valence-electron chi connectivity index (χ0n) is 12.3. The van der Waals surface area contributed by atoms with Crippen molar-refractivity contribution < 1.29 is 5.11 Å². The number of hydrogen-bond donors (Lipinski definition) is 2. The van der Waals surface area contributed by atoms with E-state index >= 15 is 0 Å². The Hall–Kier alpha value is -0.900. The number of aliphatic hydroxyl groups is 1. The monoisotopic (exact) mass is 274 g/mol. The molecule has 0 spiro atoms. The fraction of sp³-hybridized carbons (Fsp3) is 0.647. The Morgan fingerprint density at radius 3 is 2.75 bits per heavy atom. The van der Waals surface area contributed by atoms with Gasteiger partial charge in [-0.15, -0.1) is 0 Å². The number of likely N-dealkylation sites (tertiary alicyclic amines) is 1. The molecule has 2 N–H and O–H groups in total. The van der Waals surface area contributed by atoms with Crippen LogP contribution >= 0.6 is 0 Å². The van der Waals surface area contributed by atoms with Gasteiger partial charge in [0.1, 0.15) is 0 Å². The van der Waals surface area contributed by atoms with E-state index in [0.717, 1.165) is 19.0 Å². The molecule has 3 atom stereocenters. The van der Waals surface area contributed by atoms with Gasteiger partial charge in [-0.3, -0.25) is 4.90 Å². The van der Waals surface area contributed by atoms with Crippen LogP contribution in [0.1, 0.15) is 31.7 Å². The Bertz CT molecular complexity index is 418. The van der Waals surface area contributed by atoms with E-state index in [0.29, 0.717) is 18.6 Å². The highest BCUT2D eigenvalue weighted by Gasteiger charge is 2.38. The molecule has 3 heteroatoms. The van der Waals surface area contributed by atoms with Crippen molar-refractivity contribution in [1.82, 2.24) is 10.2 Å². The third-order valence-electron chi connectivity index (χ3n) is 4.60. The summed E-state index contributed by atoms with van der Waals surface area (Å²) in [4.78, 5) is 2.64. The van der Waals surface area contributed by atoms with E-state index in [9.17, 15) is 5.11 Å². The van der Waals surface area contributed by atoms with E-state index in [2.05, 4.69) is 29.3 Å². The van der Waals surface area contributed by atoms with E-state index in [-0.39, 0.29) is 6.10 Å². The first-order valence-corrected chi connectivity index (χ1v) is 7.93. The normalized spacial score (nSPS) is 28.7. The smallest absolute Gasteiger partial charge is 0.0704 e. The summed E-state index contributed by atoms with van der Waals surface area (Å²) in [5.41, 5.74) is 1.21. The maximum atomic E-state index is 10.1. The average Bonchev–Trinajstić information content (AvgIpc) is 3.21. The quantitative estimate of drug-likeness (QED) is 0.830. The molecule has 20 heavy (non-hydrogen) atoms. The minimum absolute atomic E-state index is 0.289. The second-order valence-electron chi connectivity index (χ2n) is 6.46. The summed E-state index contributed by atoms with van der Waals surface area (Å²) in [6, 6.07) is 12.3. The van der Waals surface area contributed by atoms with E-state index in [1.165, 1.54) is 24.8 Å². The van der Waals surface area contributed by atoms with E-state index in [1.54, 1.807) is 0 Å². The highest BCUT2D eigenvalue weighted by atomic mass is 16.3. The molecular formula is C17H26N2O. The number of benzene rings is 1. The van der Waals surface area contributed by atoms with Gasteiger partial charge in [0.15, 0.2) is 0 Å². The molecule has 3 rings (SSSR count). The lowest BCUT2D eigenvalue weighted by molar-refractivity contribution is 0.167. The lowest BCUT2D eigenvalue weighted by Gasteiger charge is -2.20. The van der Waals surface area contributed by atoms with Crippen molar-refractivity contribution in [1.29, 1.82) is 0 Å². The van der Waals surface area contributed by atoms with Crippen LogP contribution in [-0.2, 0) is 6.42 Å². The van der Waals surface area contributed by atoms with Crippen molar-refractivity contribution in [3.8, 4) is 0 Å². The molecule has 0 aromatic heterocycles. The molecule has 1 saturated heterocycles. The second-order valence-corrected chi connectivity index (χ2v) is 6.46. The molecule has 2 fully saturated rings. The third-order valence-corrected chi connectivity index (χ3v) is 4.60. The van der Waals surface area contributed by atoms with Crippen molar-refractivity contribution in [2.24, 2.45) is 0 Å². The van der Waals surface area contributed by atoms with Crippen LogP contribution in [0.3, 0.4) is 0 Å². The summed E-state index contributed by atoms with van der Waals surface area (Å²) < 4.78 is 0. The molecule has 1 aliphatic carbocycles. The van der Waals surface area contributed by atoms with Crippen LogP contribution in [0.4, 0.5) is 0 Å². The van der Waals surface area contributed by atoms with Crippen LogP contribution in [0.15, 0.2) is 30.3 Å². The fourth-order valence-corrected chi connectivity index (χ4v) is 3.38. The number of hydrogen-bond acceptors (Lipinski definition) is 3. The number of nitrogens with one attached hydrogen (secondary N) is 1. The summed E-state index contributed by atoms with van der Waals surface area (Å²) in [5.74, 6) is 0. The summed E-state index contributed by atoms with van der Waals surface area (Å²) in [6.45, 7) is 4.19. The number of nitrogens with zero attached hydrogens (tertiary/aromatic N) is 1. The predicted octanol–water partition coefficient (Wildman–Crippen LogP) is 1.80. The van der Waals surface area contributed by atoms with Crippen molar-refractivity contribution >= 4 is 0 Å². The summed E-state index contributed by atoms with van der Waals surface area (Å²) in [6.07, 6.45) is 4.43. The number of rotatable bonds is 6. The molecule has 1 aliphatic heterocycles. The Morgan fingerprint density at radius 2 is 2.05 bits per heavy atom. The van der Waals surface area contributed by atoms with Crippen molar-refractivity contribution in [2.45, 2.75) is 56.8 Å². The maximum Gasteiger partial charge on any atom is 0.0704 e. The lowest BCUT2D eigenvalue weighted by atomic mass is 10.1. The molecule has 0 amide bonds. The molecule has 3 nitrogen and oxygen atoms in total. The fourth-order valence-electron chi connectivity index (χ4n) is 3.38. The van der Waals surface area contributed by atoms with Crippen LogP contribution in [0.2, 0.25) is 0 Å². The van der Waals surface area contributed by atoms with Gasteiger partial charge in [-0.25, -0.2) is 0 Å². The Labute approximate surface area is 122 Å². The van der Waals surface area contributed by atoms with Gasteiger partial charge in [0.05, 0.1) is 6.10 Å². The highest BCUT2D eigenvalue weighted by Crippen LogP contribution is 2.33. The second kappa shape index (κ2) is 6.25. The zero-order valence-corrected chi connectivity index (χ0v) is 12.3. The highest BCUT2D eigenvalue weighted by molar-refractivity contribution is 5.15. The van der Waals surface area contributed by atoms with Crippen LogP contribution in [0.25, 0.3) is 0 Å². The van der Waals surface area contributed by atoms with Crippen molar-refractivity contribution in [3.05, 3.63) is 35.9 Å². The van der Waals surface area contributed by atoms with Gasteiger partial charge < -0.3 is 10.4 Å². The van der Waals surface area contributed by atoms with E-state index < -0.39 is 0 Å². The molecule has 2 aliphatic rings. The molecule has 1 saturated carbocycles. The standard InChI is InChI=1S/C17H26N2O/c1-13-9-15(12-19(13)16-7-8-16)18-11-17(20)10-14-5-3-2-4-6-14/h2-6,13,15-18,20H,7-12H2,1H3. The SMILES string of the molecule is CC1CC(NCC(O)Cc2ccccc2)CN1C1CC1. The predicted molar refractivity (Wildman–Crippen MR) is 81.8 cm³/mol. The van der Waals surface area contributed by atoms with Crippen molar-refractivity contribution in [3.63, 3.8) is 0 Å². The minimum atomic E-state index is -0.289. The average molecular weight is 274 g/mol. The van der Waals surface area contributed by atoms with Crippen LogP contribution < -0.4 is 5.32 Å². The molecule has 1 heterocycles. The van der Waals surface area contributed by atoms with Gasteiger partial charge >= 0.3 is 0 Å². The van der Waals surface area contributed by atoms with Gasteiger partial charge in [-0.05, 0) is 38.2 Å². The molecule has 0 bridgehead atoms. The first-order valence-electron chi connectivity index (χ1n) is 7.93. The zero-order chi connectivity index (χ0) is 13.9. The first kappa shape index (κ1) is 14.1. The van der Waals surface area contributed by atoms with Gasteiger partial charge in [0, 0.05) is 31.2 Å². The van der Waals surface area contributed by atoms with E-state index in [1.807, 2.05) is 18.2 Å². The van der Waals surface area contributed by atoms with Crippen LogP contribution in [0, 0.1) is 0 Å². The number of aliphatic hydroxyl groups excluding tert-OH is 1. The van der Waals surface area contributed by atoms with Crippen LogP contribution in [-0.4, -0.2) is 47.3 Å². The largest absolute Gasteiger partial charge is 0.391 e. The summed E-state index contributed by atoms with van der Waals surface area (Å²) in [7, 11) is 0. The van der Waals surface area contributed by atoms with Gasteiger partial charge in [-0.2, -0.15) is 0 Å². The topological polar surface area (TPSA) is 35.5 Å². The van der Waals surface area contributed by atoms with E-state index in [4.69, 9.17) is 0 Å². The Morgan fingerprint density at radius 1 is 1.30 bits per heavy atom. The summed E-state index contributed by atoms with van der Waals surface area (Å²) >= 11 is 0. The Balaban J connectivity index is 1.41. The van der Waals surface area contributed by atoms with Crippen LogP contribution in [0.5, 0.6) is 0 Å².